The maximum Gasteiger partial charge on any atom is 0.236 e. The van der Waals surface area contributed by atoms with Gasteiger partial charge in [-0.1, -0.05) is 17.8 Å². The monoisotopic (exact) mass is 320 g/mol. The van der Waals surface area contributed by atoms with Crippen molar-refractivity contribution < 1.29 is 9.69 Å². The van der Waals surface area contributed by atoms with Crippen molar-refractivity contribution >= 4 is 23.3 Å². The first-order valence-corrected chi connectivity index (χ1v) is 8.65. The Morgan fingerprint density at radius 3 is 2.86 bits per heavy atom. The van der Waals surface area contributed by atoms with Crippen LogP contribution in [-0.2, 0) is 4.79 Å². The average molecular weight is 320 g/mol. The molecule has 1 aliphatic rings. The standard InChI is InChI=1S/C15H21N5OS/c1-3-18-8-10-19(11-9-18)14(21)12(2)22-15-17-16-13-6-4-5-7-20(13)15/h4-7,12H,3,8-11H2,1-2H3/p+1/t12-/m0/s1. The fourth-order valence-corrected chi connectivity index (χ4v) is 3.68. The van der Waals surface area contributed by atoms with E-state index in [0.717, 1.165) is 43.5 Å². The highest BCUT2D eigenvalue weighted by Gasteiger charge is 2.27. The summed E-state index contributed by atoms with van der Waals surface area (Å²) >= 11 is 1.48. The molecule has 0 aliphatic carbocycles. The van der Waals surface area contributed by atoms with Crippen LogP contribution in [-0.4, -0.2) is 63.4 Å². The molecule has 6 nitrogen and oxygen atoms in total. The van der Waals surface area contributed by atoms with E-state index in [-0.39, 0.29) is 11.2 Å². The number of nitrogens with one attached hydrogen (secondary N) is 1. The van der Waals surface area contributed by atoms with E-state index in [1.54, 1.807) is 4.90 Å². The lowest BCUT2D eigenvalue weighted by atomic mass is 10.3. The summed E-state index contributed by atoms with van der Waals surface area (Å²) in [5.41, 5.74) is 0.810. The van der Waals surface area contributed by atoms with E-state index in [0.29, 0.717) is 0 Å². The lowest BCUT2D eigenvalue weighted by Crippen LogP contribution is -3.14. The average Bonchev–Trinajstić information content (AvgIpc) is 2.97. The summed E-state index contributed by atoms with van der Waals surface area (Å²) in [7, 11) is 0. The Labute approximate surface area is 134 Å². The molecule has 1 aliphatic heterocycles. The van der Waals surface area contributed by atoms with Crippen LogP contribution < -0.4 is 4.90 Å². The van der Waals surface area contributed by atoms with Crippen molar-refractivity contribution in [3.8, 4) is 0 Å². The fourth-order valence-electron chi connectivity index (χ4n) is 2.76. The Kier molecular flexibility index (Phi) is 4.63. The number of piperazine rings is 1. The first-order chi connectivity index (χ1) is 10.7. The zero-order chi connectivity index (χ0) is 15.5. The third-order valence-electron chi connectivity index (χ3n) is 4.19. The highest BCUT2D eigenvalue weighted by Crippen LogP contribution is 2.23. The van der Waals surface area contributed by atoms with Gasteiger partial charge < -0.3 is 9.80 Å². The summed E-state index contributed by atoms with van der Waals surface area (Å²) in [5.74, 6) is 0.202. The largest absolute Gasteiger partial charge is 0.332 e. The van der Waals surface area contributed by atoms with Gasteiger partial charge in [-0.2, -0.15) is 0 Å². The molecule has 0 bridgehead atoms. The van der Waals surface area contributed by atoms with Crippen molar-refractivity contribution in [1.29, 1.82) is 0 Å². The molecule has 0 radical (unpaired) electrons. The van der Waals surface area contributed by atoms with Gasteiger partial charge >= 0.3 is 0 Å². The van der Waals surface area contributed by atoms with E-state index >= 15 is 0 Å². The zero-order valence-electron chi connectivity index (χ0n) is 13.0. The van der Waals surface area contributed by atoms with E-state index in [4.69, 9.17) is 0 Å². The molecule has 1 saturated heterocycles. The summed E-state index contributed by atoms with van der Waals surface area (Å²) < 4.78 is 1.92. The molecular formula is C15H22N5OS+. The quantitative estimate of drug-likeness (QED) is 0.803. The summed E-state index contributed by atoms with van der Waals surface area (Å²) in [6, 6.07) is 5.79. The van der Waals surface area contributed by atoms with Gasteiger partial charge in [0.25, 0.3) is 0 Å². The minimum Gasteiger partial charge on any atom is -0.332 e. The molecule has 2 aromatic heterocycles. The van der Waals surface area contributed by atoms with Crippen LogP contribution in [0, 0.1) is 0 Å². The number of fused-ring (bicyclic) bond motifs is 1. The van der Waals surface area contributed by atoms with Crippen molar-refractivity contribution in [2.24, 2.45) is 0 Å². The van der Waals surface area contributed by atoms with Crippen LogP contribution in [0.15, 0.2) is 29.6 Å². The molecule has 7 heteroatoms. The number of pyridine rings is 1. The number of quaternary nitrogens is 1. The van der Waals surface area contributed by atoms with E-state index in [9.17, 15) is 4.79 Å². The van der Waals surface area contributed by atoms with E-state index in [1.165, 1.54) is 11.8 Å². The Morgan fingerprint density at radius 1 is 1.36 bits per heavy atom. The van der Waals surface area contributed by atoms with Gasteiger partial charge in [0.2, 0.25) is 5.91 Å². The van der Waals surface area contributed by atoms with Crippen LogP contribution in [0.4, 0.5) is 0 Å². The molecule has 1 amide bonds. The van der Waals surface area contributed by atoms with Gasteiger partial charge in [0.15, 0.2) is 10.8 Å². The van der Waals surface area contributed by atoms with Gasteiger partial charge in [0.1, 0.15) is 0 Å². The molecule has 1 fully saturated rings. The second-order valence-corrected chi connectivity index (χ2v) is 6.91. The van der Waals surface area contributed by atoms with Gasteiger partial charge in [0, 0.05) is 6.20 Å². The maximum atomic E-state index is 12.6. The molecule has 0 spiro atoms. The molecule has 118 valence electrons. The van der Waals surface area contributed by atoms with Gasteiger partial charge in [-0.15, -0.1) is 10.2 Å². The fraction of sp³-hybridized carbons (Fsp3) is 0.533. The molecule has 0 saturated carbocycles. The number of aromatic nitrogens is 3. The first kappa shape index (κ1) is 15.3. The van der Waals surface area contributed by atoms with Crippen molar-refractivity contribution in [1.82, 2.24) is 19.5 Å². The summed E-state index contributed by atoms with van der Waals surface area (Å²) in [4.78, 5) is 16.2. The zero-order valence-corrected chi connectivity index (χ0v) is 13.8. The Hall–Kier alpha value is -1.60. The topological polar surface area (TPSA) is 54.9 Å². The normalized spacial score (nSPS) is 17.8. The number of amides is 1. The summed E-state index contributed by atoms with van der Waals surface area (Å²) in [6.45, 7) is 9.10. The Bertz CT molecular complexity index is 650. The molecule has 22 heavy (non-hydrogen) atoms. The van der Waals surface area contributed by atoms with E-state index < -0.39 is 0 Å². The van der Waals surface area contributed by atoms with Crippen LogP contribution in [0.25, 0.3) is 5.65 Å². The molecule has 1 atom stereocenters. The predicted molar refractivity (Wildman–Crippen MR) is 86.1 cm³/mol. The number of carbonyl (C=O) groups is 1. The van der Waals surface area contributed by atoms with Crippen LogP contribution in [0.1, 0.15) is 13.8 Å². The second-order valence-electron chi connectivity index (χ2n) is 5.60. The smallest absolute Gasteiger partial charge is 0.236 e. The molecule has 0 unspecified atom stereocenters. The number of hydrogen-bond donors (Lipinski definition) is 1. The van der Waals surface area contributed by atoms with Gasteiger partial charge in [0.05, 0.1) is 38.0 Å². The van der Waals surface area contributed by atoms with Crippen LogP contribution in [0.3, 0.4) is 0 Å². The van der Waals surface area contributed by atoms with Crippen molar-refractivity contribution in [2.75, 3.05) is 32.7 Å². The first-order valence-electron chi connectivity index (χ1n) is 7.78. The van der Waals surface area contributed by atoms with E-state index in [1.807, 2.05) is 40.6 Å². The third kappa shape index (κ3) is 3.10. The van der Waals surface area contributed by atoms with Crippen molar-refractivity contribution in [3.63, 3.8) is 0 Å². The molecule has 2 aromatic rings. The van der Waals surface area contributed by atoms with Crippen LogP contribution in [0.2, 0.25) is 0 Å². The number of likely N-dealkylation sites (N-methyl/N-ethyl adjacent to an activating group) is 1. The van der Waals surface area contributed by atoms with Crippen LogP contribution >= 0.6 is 11.8 Å². The number of thioether (sulfide) groups is 1. The second kappa shape index (κ2) is 6.66. The number of hydrogen-bond acceptors (Lipinski definition) is 4. The predicted octanol–water partition coefficient (Wildman–Crippen LogP) is -0.0431. The lowest BCUT2D eigenvalue weighted by Gasteiger charge is -2.32. The van der Waals surface area contributed by atoms with Gasteiger partial charge in [-0.3, -0.25) is 9.20 Å². The van der Waals surface area contributed by atoms with Crippen molar-refractivity contribution in [2.45, 2.75) is 24.3 Å². The number of carbonyl (C=O) groups excluding carboxylic acids is 1. The highest BCUT2D eigenvalue weighted by atomic mass is 32.2. The SMILES string of the molecule is CC[NH+]1CCN(C(=O)[C@H](C)Sc2nnc3ccccn23)CC1. The third-order valence-corrected chi connectivity index (χ3v) is 5.24. The Balaban J connectivity index is 1.64. The van der Waals surface area contributed by atoms with Gasteiger partial charge in [-0.25, -0.2) is 0 Å². The number of nitrogens with zero attached hydrogens (tertiary/aromatic N) is 4. The number of rotatable bonds is 4. The maximum absolute atomic E-state index is 12.6. The van der Waals surface area contributed by atoms with E-state index in [2.05, 4.69) is 17.1 Å². The molecule has 0 aromatic carbocycles. The van der Waals surface area contributed by atoms with Crippen molar-refractivity contribution in [3.05, 3.63) is 24.4 Å². The summed E-state index contributed by atoms with van der Waals surface area (Å²) in [6.07, 6.45) is 1.93. The molecule has 3 heterocycles. The Morgan fingerprint density at radius 2 is 2.14 bits per heavy atom. The molecule has 3 rings (SSSR count). The molecule has 1 N–H and O–H groups in total. The lowest BCUT2D eigenvalue weighted by molar-refractivity contribution is -0.902. The van der Waals surface area contributed by atoms with Crippen LogP contribution in [0.5, 0.6) is 0 Å². The summed E-state index contributed by atoms with van der Waals surface area (Å²) in [5, 5.41) is 8.95. The highest BCUT2D eigenvalue weighted by molar-refractivity contribution is 8.00. The van der Waals surface area contributed by atoms with Gasteiger partial charge in [-0.05, 0) is 26.0 Å². The molecular weight excluding hydrogens is 298 g/mol. The minimum atomic E-state index is -0.143. The minimum absolute atomic E-state index is 0.143.